The monoisotopic (exact) mass is 302 g/mol. The van der Waals surface area contributed by atoms with Gasteiger partial charge in [0.15, 0.2) is 11.6 Å². The van der Waals surface area contributed by atoms with Crippen molar-refractivity contribution < 1.29 is 23.6 Å². The van der Waals surface area contributed by atoms with Crippen molar-refractivity contribution in [1.29, 1.82) is 0 Å². The zero-order valence-electron chi connectivity index (χ0n) is 11.7. The van der Waals surface area contributed by atoms with E-state index in [9.17, 15) is 23.7 Å². The van der Waals surface area contributed by atoms with Gasteiger partial charge < -0.3 is 10.4 Å². The Balaban J connectivity index is 2.97. The Morgan fingerprint density at radius 3 is 2.48 bits per heavy atom. The minimum absolute atomic E-state index is 0.0752. The number of amides is 1. The Hall–Kier alpha value is -2.09. The number of nitrogens with one attached hydrogen (secondary N) is 1. The number of halogens is 2. The third-order valence-corrected chi connectivity index (χ3v) is 3.00. The molecule has 0 spiro atoms. The number of aliphatic hydroxyl groups excluding tert-OH is 1. The van der Waals surface area contributed by atoms with Crippen LogP contribution in [0.25, 0.3) is 0 Å². The number of hydrogen-bond donors (Lipinski definition) is 2. The van der Waals surface area contributed by atoms with E-state index in [0.29, 0.717) is 18.6 Å². The first-order valence-electron chi connectivity index (χ1n) is 6.20. The summed E-state index contributed by atoms with van der Waals surface area (Å²) < 4.78 is 26.2. The Morgan fingerprint density at radius 2 is 1.95 bits per heavy atom. The maximum Gasteiger partial charge on any atom is 0.285 e. The standard InChI is InChI=1S/C13H16F2N2O4/c1-13(2,3-4-18)7-16-12(19)8-5-9(14)10(15)6-11(8)17(20)21/h5-6,18H,3-4,7H2,1-2H3,(H,16,19). The van der Waals surface area contributed by atoms with E-state index in [1.807, 2.05) is 0 Å². The number of carbonyl (C=O) groups excluding carboxylic acids is 1. The minimum atomic E-state index is -1.39. The van der Waals surface area contributed by atoms with Crippen LogP contribution in [0.5, 0.6) is 0 Å². The summed E-state index contributed by atoms with van der Waals surface area (Å²) in [4.78, 5) is 21.8. The van der Waals surface area contributed by atoms with Crippen LogP contribution < -0.4 is 5.32 Å². The summed E-state index contributed by atoms with van der Waals surface area (Å²) in [6.07, 6.45) is 0.410. The molecule has 0 aliphatic heterocycles. The molecule has 6 nitrogen and oxygen atoms in total. The zero-order chi connectivity index (χ0) is 16.2. The molecule has 21 heavy (non-hydrogen) atoms. The number of rotatable bonds is 6. The molecule has 0 aromatic heterocycles. The highest BCUT2D eigenvalue weighted by Gasteiger charge is 2.25. The van der Waals surface area contributed by atoms with Crippen molar-refractivity contribution in [3.63, 3.8) is 0 Å². The molecule has 1 amide bonds. The number of hydrogen-bond acceptors (Lipinski definition) is 4. The smallest absolute Gasteiger partial charge is 0.285 e. The summed E-state index contributed by atoms with van der Waals surface area (Å²) in [7, 11) is 0. The van der Waals surface area contributed by atoms with Gasteiger partial charge in [0.2, 0.25) is 0 Å². The number of nitro groups is 1. The Bertz CT molecular complexity index is 561. The average Bonchev–Trinajstić information content (AvgIpc) is 2.38. The van der Waals surface area contributed by atoms with Gasteiger partial charge in [0.1, 0.15) is 5.56 Å². The predicted octanol–water partition coefficient (Wildman–Crippen LogP) is 2.01. The van der Waals surface area contributed by atoms with Crippen LogP contribution in [0.1, 0.15) is 30.6 Å². The van der Waals surface area contributed by atoms with Crippen molar-refractivity contribution in [2.45, 2.75) is 20.3 Å². The molecule has 0 heterocycles. The van der Waals surface area contributed by atoms with Crippen LogP contribution in [0, 0.1) is 27.2 Å². The van der Waals surface area contributed by atoms with Gasteiger partial charge in [-0.1, -0.05) is 13.8 Å². The predicted molar refractivity (Wildman–Crippen MR) is 70.8 cm³/mol. The third-order valence-electron chi connectivity index (χ3n) is 3.00. The van der Waals surface area contributed by atoms with E-state index in [-0.39, 0.29) is 13.2 Å². The molecule has 1 aromatic rings. The SMILES string of the molecule is CC(C)(CCO)CNC(=O)c1cc(F)c(F)cc1[N+](=O)[O-]. The Morgan fingerprint density at radius 1 is 1.38 bits per heavy atom. The van der Waals surface area contributed by atoms with Crippen molar-refractivity contribution in [2.75, 3.05) is 13.2 Å². The van der Waals surface area contributed by atoms with E-state index in [4.69, 9.17) is 5.11 Å². The first kappa shape index (κ1) is 17.0. The van der Waals surface area contributed by atoms with Crippen LogP contribution in [0.3, 0.4) is 0 Å². The van der Waals surface area contributed by atoms with Gasteiger partial charge in [-0.15, -0.1) is 0 Å². The van der Waals surface area contributed by atoms with Gasteiger partial charge in [-0.25, -0.2) is 8.78 Å². The second kappa shape index (κ2) is 6.57. The van der Waals surface area contributed by atoms with Crippen molar-refractivity contribution in [3.8, 4) is 0 Å². The molecule has 1 aromatic carbocycles. The maximum atomic E-state index is 13.2. The molecule has 0 atom stereocenters. The molecule has 0 unspecified atom stereocenters. The van der Waals surface area contributed by atoms with Gasteiger partial charge in [-0.05, 0) is 17.9 Å². The van der Waals surface area contributed by atoms with E-state index >= 15 is 0 Å². The molecular formula is C13H16F2N2O4. The van der Waals surface area contributed by atoms with Crippen LogP contribution in [-0.2, 0) is 0 Å². The van der Waals surface area contributed by atoms with Gasteiger partial charge in [-0.3, -0.25) is 14.9 Å². The summed E-state index contributed by atoms with van der Waals surface area (Å²) in [5.41, 5.74) is -1.78. The van der Waals surface area contributed by atoms with Crippen molar-refractivity contribution >= 4 is 11.6 Å². The second-order valence-corrected chi connectivity index (χ2v) is 5.36. The van der Waals surface area contributed by atoms with Crippen molar-refractivity contribution in [1.82, 2.24) is 5.32 Å². The Kier molecular flexibility index (Phi) is 5.31. The number of benzene rings is 1. The van der Waals surface area contributed by atoms with Crippen molar-refractivity contribution in [2.24, 2.45) is 5.41 Å². The molecule has 0 aliphatic rings. The average molecular weight is 302 g/mol. The topological polar surface area (TPSA) is 92.5 Å². The zero-order valence-corrected chi connectivity index (χ0v) is 11.7. The largest absolute Gasteiger partial charge is 0.396 e. The lowest BCUT2D eigenvalue weighted by atomic mass is 9.89. The fourth-order valence-electron chi connectivity index (χ4n) is 1.68. The summed E-state index contributed by atoms with van der Waals surface area (Å²) in [6, 6.07) is 0.880. The fourth-order valence-corrected chi connectivity index (χ4v) is 1.68. The van der Waals surface area contributed by atoms with E-state index < -0.39 is 39.1 Å². The molecule has 0 radical (unpaired) electrons. The highest BCUT2D eigenvalue weighted by Crippen LogP contribution is 2.23. The normalized spacial score (nSPS) is 11.3. The summed E-state index contributed by atoms with van der Waals surface area (Å²) in [6.45, 7) is 3.61. The van der Waals surface area contributed by atoms with Gasteiger partial charge in [0, 0.05) is 13.2 Å². The molecular weight excluding hydrogens is 286 g/mol. The molecule has 2 N–H and O–H groups in total. The van der Waals surface area contributed by atoms with E-state index in [1.165, 1.54) is 0 Å². The number of carbonyl (C=O) groups is 1. The van der Waals surface area contributed by atoms with Crippen LogP contribution in [0.4, 0.5) is 14.5 Å². The first-order chi connectivity index (χ1) is 9.68. The van der Waals surface area contributed by atoms with E-state index in [2.05, 4.69) is 5.32 Å². The highest BCUT2D eigenvalue weighted by atomic mass is 19.2. The molecule has 0 bridgehead atoms. The maximum absolute atomic E-state index is 13.2. The molecule has 0 saturated carbocycles. The van der Waals surface area contributed by atoms with Gasteiger partial charge in [0.25, 0.3) is 11.6 Å². The first-order valence-corrected chi connectivity index (χ1v) is 6.20. The summed E-state index contributed by atoms with van der Waals surface area (Å²) in [5.74, 6) is -3.59. The van der Waals surface area contributed by atoms with Gasteiger partial charge >= 0.3 is 0 Å². The molecule has 1 rings (SSSR count). The Labute approximate surface area is 119 Å². The lowest BCUT2D eigenvalue weighted by Gasteiger charge is -2.23. The van der Waals surface area contributed by atoms with E-state index in [1.54, 1.807) is 13.8 Å². The highest BCUT2D eigenvalue weighted by molar-refractivity contribution is 5.98. The molecule has 8 heteroatoms. The lowest BCUT2D eigenvalue weighted by molar-refractivity contribution is -0.385. The minimum Gasteiger partial charge on any atom is -0.396 e. The van der Waals surface area contributed by atoms with Gasteiger partial charge in [-0.2, -0.15) is 0 Å². The number of nitrogens with zero attached hydrogens (tertiary/aromatic N) is 1. The van der Waals surface area contributed by atoms with Gasteiger partial charge in [0.05, 0.1) is 11.0 Å². The fraction of sp³-hybridized carbons (Fsp3) is 0.462. The van der Waals surface area contributed by atoms with Crippen LogP contribution in [-0.4, -0.2) is 29.1 Å². The number of aliphatic hydroxyl groups is 1. The van der Waals surface area contributed by atoms with E-state index in [0.717, 1.165) is 0 Å². The second-order valence-electron chi connectivity index (χ2n) is 5.36. The van der Waals surface area contributed by atoms with Crippen LogP contribution >= 0.6 is 0 Å². The van der Waals surface area contributed by atoms with Crippen molar-refractivity contribution in [3.05, 3.63) is 39.4 Å². The molecule has 0 saturated heterocycles. The summed E-state index contributed by atoms with van der Waals surface area (Å²) >= 11 is 0. The lowest BCUT2D eigenvalue weighted by Crippen LogP contribution is -2.35. The molecule has 0 aliphatic carbocycles. The van der Waals surface area contributed by atoms with Crippen LogP contribution in [0.2, 0.25) is 0 Å². The molecule has 116 valence electrons. The summed E-state index contributed by atoms with van der Waals surface area (Å²) in [5, 5.41) is 22.1. The number of nitro benzene ring substituents is 1. The van der Waals surface area contributed by atoms with Crippen LogP contribution in [0.15, 0.2) is 12.1 Å². The molecule has 0 fully saturated rings. The third kappa shape index (κ3) is 4.45. The quantitative estimate of drug-likeness (QED) is 0.621.